The molecule has 1 fully saturated rings. The van der Waals surface area contributed by atoms with Gasteiger partial charge in [0, 0.05) is 32.2 Å². The average molecular weight is 439 g/mol. The lowest BCUT2D eigenvalue weighted by molar-refractivity contribution is -0.137. The van der Waals surface area contributed by atoms with Gasteiger partial charge in [0.1, 0.15) is 0 Å². The Hall–Kier alpha value is -2.63. The number of rotatable bonds is 6. The third kappa shape index (κ3) is 5.40. The van der Waals surface area contributed by atoms with Crippen LogP contribution < -0.4 is 0 Å². The molecule has 0 N–H and O–H groups in total. The van der Waals surface area contributed by atoms with Crippen LogP contribution in [0.25, 0.3) is 11.1 Å². The zero-order valence-corrected chi connectivity index (χ0v) is 18.4. The van der Waals surface area contributed by atoms with E-state index in [0.29, 0.717) is 11.6 Å². The first-order valence-electron chi connectivity index (χ1n) is 11.2. The maximum absolute atomic E-state index is 13.4. The Kier molecular flexibility index (Phi) is 6.97. The van der Waals surface area contributed by atoms with Crippen molar-refractivity contribution < 1.29 is 13.2 Å². The summed E-state index contributed by atoms with van der Waals surface area (Å²) in [4.78, 5) is 5.00. The van der Waals surface area contributed by atoms with Gasteiger partial charge in [0.25, 0.3) is 0 Å². The van der Waals surface area contributed by atoms with Gasteiger partial charge in [0.2, 0.25) is 0 Å². The van der Waals surface area contributed by atoms with Crippen molar-refractivity contribution in [3.63, 3.8) is 0 Å². The molecule has 3 aromatic carbocycles. The number of hydrogen-bond donors (Lipinski definition) is 0. The minimum Gasteiger partial charge on any atom is -0.298 e. The zero-order chi connectivity index (χ0) is 22.6. The van der Waals surface area contributed by atoms with Gasteiger partial charge in [-0.3, -0.25) is 9.80 Å². The van der Waals surface area contributed by atoms with Gasteiger partial charge in [-0.05, 0) is 41.3 Å². The predicted octanol–water partition coefficient (Wildman–Crippen LogP) is 6.12. The molecule has 1 heterocycles. The van der Waals surface area contributed by atoms with E-state index in [9.17, 15) is 13.2 Å². The summed E-state index contributed by atoms with van der Waals surface area (Å²) in [6.45, 7) is 7.08. The van der Waals surface area contributed by atoms with Crippen LogP contribution in [0.2, 0.25) is 0 Å². The zero-order valence-electron chi connectivity index (χ0n) is 18.4. The van der Waals surface area contributed by atoms with E-state index < -0.39 is 11.7 Å². The molecule has 168 valence electrons. The minimum atomic E-state index is -4.36. The second-order valence-electron chi connectivity index (χ2n) is 8.45. The SMILES string of the molecule is CCN1CCN(Cc2ccc(-c3ccccc3C(F)(F)F)cc2)CC1Cc1ccccc1. The summed E-state index contributed by atoms with van der Waals surface area (Å²) in [5.74, 6) is 0. The fourth-order valence-electron chi connectivity index (χ4n) is 4.63. The first-order valence-corrected chi connectivity index (χ1v) is 11.2. The summed E-state index contributed by atoms with van der Waals surface area (Å²) < 4.78 is 40.1. The van der Waals surface area contributed by atoms with Crippen molar-refractivity contribution in [2.24, 2.45) is 0 Å². The number of nitrogens with zero attached hydrogens (tertiary/aromatic N) is 2. The highest BCUT2D eigenvalue weighted by Crippen LogP contribution is 2.37. The molecule has 32 heavy (non-hydrogen) atoms. The van der Waals surface area contributed by atoms with Crippen molar-refractivity contribution in [2.45, 2.75) is 32.1 Å². The Labute approximate surface area is 188 Å². The van der Waals surface area contributed by atoms with E-state index in [0.717, 1.165) is 50.8 Å². The third-order valence-corrected chi connectivity index (χ3v) is 6.31. The minimum absolute atomic E-state index is 0.228. The van der Waals surface area contributed by atoms with Crippen LogP contribution in [0, 0.1) is 0 Å². The first kappa shape index (κ1) is 22.6. The molecule has 0 bridgehead atoms. The molecule has 3 aromatic rings. The standard InChI is InChI=1S/C27H29F3N2/c1-2-32-17-16-31(20-24(32)18-21-8-4-3-5-9-21)19-22-12-14-23(15-13-22)25-10-6-7-11-26(25)27(28,29)30/h3-15,24H,2,16-20H2,1H3. The van der Waals surface area contributed by atoms with Crippen molar-refractivity contribution in [1.29, 1.82) is 0 Å². The number of benzene rings is 3. The van der Waals surface area contributed by atoms with Crippen molar-refractivity contribution in [3.05, 3.63) is 95.6 Å². The van der Waals surface area contributed by atoms with E-state index in [2.05, 4.69) is 41.0 Å². The Morgan fingerprint density at radius 1 is 0.812 bits per heavy atom. The van der Waals surface area contributed by atoms with Gasteiger partial charge in [0.15, 0.2) is 0 Å². The molecule has 2 nitrogen and oxygen atoms in total. The van der Waals surface area contributed by atoms with Gasteiger partial charge < -0.3 is 0 Å². The predicted molar refractivity (Wildman–Crippen MR) is 123 cm³/mol. The quantitative estimate of drug-likeness (QED) is 0.457. The van der Waals surface area contributed by atoms with E-state index in [1.807, 2.05) is 30.3 Å². The fraction of sp³-hybridized carbons (Fsp3) is 0.333. The van der Waals surface area contributed by atoms with Crippen molar-refractivity contribution in [3.8, 4) is 11.1 Å². The Morgan fingerprint density at radius 3 is 2.19 bits per heavy atom. The van der Waals surface area contributed by atoms with Gasteiger partial charge in [-0.15, -0.1) is 0 Å². The maximum Gasteiger partial charge on any atom is 0.417 e. The molecular weight excluding hydrogens is 409 g/mol. The maximum atomic E-state index is 13.4. The Morgan fingerprint density at radius 2 is 1.50 bits per heavy atom. The average Bonchev–Trinajstić information content (AvgIpc) is 2.80. The number of alkyl halides is 3. The molecule has 0 amide bonds. The van der Waals surface area contributed by atoms with Gasteiger partial charge in [0.05, 0.1) is 5.56 Å². The lowest BCUT2D eigenvalue weighted by Crippen LogP contribution is -2.53. The van der Waals surface area contributed by atoms with Crippen LogP contribution in [-0.2, 0) is 19.1 Å². The van der Waals surface area contributed by atoms with Gasteiger partial charge >= 0.3 is 6.18 Å². The summed E-state index contributed by atoms with van der Waals surface area (Å²) in [6, 6.07) is 24.4. The molecule has 0 aromatic heterocycles. The summed E-state index contributed by atoms with van der Waals surface area (Å²) in [7, 11) is 0. The topological polar surface area (TPSA) is 6.48 Å². The number of piperazine rings is 1. The summed E-state index contributed by atoms with van der Waals surface area (Å²) in [5, 5.41) is 0. The fourth-order valence-corrected chi connectivity index (χ4v) is 4.63. The van der Waals surface area contributed by atoms with Gasteiger partial charge in [-0.1, -0.05) is 79.7 Å². The Balaban J connectivity index is 1.45. The van der Waals surface area contributed by atoms with E-state index >= 15 is 0 Å². The van der Waals surface area contributed by atoms with E-state index in [1.165, 1.54) is 17.7 Å². The van der Waals surface area contributed by atoms with Crippen LogP contribution in [0.4, 0.5) is 13.2 Å². The highest BCUT2D eigenvalue weighted by Gasteiger charge is 2.33. The van der Waals surface area contributed by atoms with E-state index in [1.54, 1.807) is 6.07 Å². The van der Waals surface area contributed by atoms with Crippen LogP contribution in [-0.4, -0.2) is 42.0 Å². The molecule has 1 aliphatic rings. The summed E-state index contributed by atoms with van der Waals surface area (Å²) in [5.41, 5.74) is 2.71. The van der Waals surface area contributed by atoms with Crippen molar-refractivity contribution >= 4 is 0 Å². The molecule has 1 saturated heterocycles. The normalized spacial score (nSPS) is 18.1. The second-order valence-corrected chi connectivity index (χ2v) is 8.45. The molecule has 0 aliphatic carbocycles. The van der Waals surface area contributed by atoms with Crippen LogP contribution in [0.15, 0.2) is 78.9 Å². The first-order chi connectivity index (χ1) is 15.4. The third-order valence-electron chi connectivity index (χ3n) is 6.31. The monoisotopic (exact) mass is 438 g/mol. The molecule has 1 unspecified atom stereocenters. The van der Waals surface area contributed by atoms with Gasteiger partial charge in [-0.25, -0.2) is 0 Å². The molecule has 5 heteroatoms. The molecule has 4 rings (SSSR count). The van der Waals surface area contributed by atoms with Crippen LogP contribution in [0.5, 0.6) is 0 Å². The lowest BCUT2D eigenvalue weighted by Gasteiger charge is -2.41. The molecule has 1 aliphatic heterocycles. The number of likely N-dealkylation sites (N-methyl/N-ethyl adjacent to an activating group) is 1. The number of hydrogen-bond acceptors (Lipinski definition) is 2. The summed E-state index contributed by atoms with van der Waals surface area (Å²) >= 11 is 0. The largest absolute Gasteiger partial charge is 0.417 e. The highest BCUT2D eigenvalue weighted by atomic mass is 19.4. The lowest BCUT2D eigenvalue weighted by atomic mass is 9.98. The number of halogens is 3. The molecule has 0 spiro atoms. The van der Waals surface area contributed by atoms with E-state index in [4.69, 9.17) is 0 Å². The van der Waals surface area contributed by atoms with Crippen LogP contribution in [0.1, 0.15) is 23.6 Å². The molecule has 0 radical (unpaired) electrons. The smallest absolute Gasteiger partial charge is 0.298 e. The molecular formula is C27H29F3N2. The van der Waals surface area contributed by atoms with Gasteiger partial charge in [-0.2, -0.15) is 13.2 Å². The van der Waals surface area contributed by atoms with Crippen molar-refractivity contribution in [2.75, 3.05) is 26.2 Å². The molecule has 0 saturated carbocycles. The second kappa shape index (κ2) is 9.88. The highest BCUT2D eigenvalue weighted by molar-refractivity contribution is 5.68. The van der Waals surface area contributed by atoms with E-state index in [-0.39, 0.29) is 5.56 Å². The molecule has 1 atom stereocenters. The van der Waals surface area contributed by atoms with Crippen LogP contribution in [0.3, 0.4) is 0 Å². The summed E-state index contributed by atoms with van der Waals surface area (Å²) in [6.07, 6.45) is -3.33. The van der Waals surface area contributed by atoms with Crippen molar-refractivity contribution in [1.82, 2.24) is 9.80 Å². The Bertz CT molecular complexity index is 999. The van der Waals surface area contributed by atoms with Crippen LogP contribution >= 0.6 is 0 Å².